The first kappa shape index (κ1) is 20.3. The van der Waals surface area contributed by atoms with Crippen LogP contribution in [0.4, 0.5) is 18.9 Å². The number of alkyl halides is 3. The smallest absolute Gasteiger partial charge is 0.446 e. The molecule has 1 atom stereocenters. The lowest BCUT2D eigenvalue weighted by molar-refractivity contribution is -0.123. The molecule has 0 aliphatic heterocycles. The summed E-state index contributed by atoms with van der Waals surface area (Å²) in [6.45, 7) is 1.36. The quantitative estimate of drug-likeness (QED) is 0.602. The Hall–Kier alpha value is -2.99. The van der Waals surface area contributed by atoms with Gasteiger partial charge >= 0.3 is 11.5 Å². The number of carbonyl (C=O) groups excluding carboxylic acids is 2. The maximum atomic E-state index is 12.3. The number of halogens is 3. The van der Waals surface area contributed by atoms with Crippen LogP contribution in [-0.4, -0.2) is 23.5 Å². The molecule has 0 heterocycles. The van der Waals surface area contributed by atoms with Crippen molar-refractivity contribution in [3.05, 3.63) is 59.7 Å². The Balaban J connectivity index is 1.96. The number of amides is 1. The fourth-order valence-electron chi connectivity index (χ4n) is 1.99. The first-order valence-corrected chi connectivity index (χ1v) is 8.37. The van der Waals surface area contributed by atoms with Gasteiger partial charge in [0.05, 0.1) is 17.2 Å². The number of nitrogens with one attached hydrogen (secondary N) is 1. The van der Waals surface area contributed by atoms with Crippen LogP contribution in [0.15, 0.2) is 53.4 Å². The molecule has 9 heteroatoms. The highest BCUT2D eigenvalue weighted by atomic mass is 32.2. The molecule has 140 valence electrons. The molecule has 2 rings (SSSR count). The second kappa shape index (κ2) is 8.60. The summed E-state index contributed by atoms with van der Waals surface area (Å²) in [6, 6.07) is 12.8. The number of ether oxygens (including phenoxy) is 1. The van der Waals surface area contributed by atoms with Crippen molar-refractivity contribution in [3.8, 4) is 6.07 Å². The number of esters is 1. The zero-order chi connectivity index (χ0) is 20.0. The summed E-state index contributed by atoms with van der Waals surface area (Å²) in [5.41, 5.74) is -3.67. The lowest BCUT2D eigenvalue weighted by Crippen LogP contribution is -2.30. The number of anilines is 1. The second-order valence-corrected chi connectivity index (χ2v) is 6.44. The van der Waals surface area contributed by atoms with Crippen LogP contribution in [0.25, 0.3) is 0 Å². The molecule has 0 saturated carbocycles. The Morgan fingerprint density at radius 2 is 1.85 bits per heavy atom. The van der Waals surface area contributed by atoms with Crippen LogP contribution in [0.3, 0.4) is 0 Å². The SMILES string of the molecule is C[C@H](OC(=O)c1ccc(SC(F)(F)F)cc1)C(=O)Nc1cccc(C#N)c1. The summed E-state index contributed by atoms with van der Waals surface area (Å²) in [5.74, 6) is -1.45. The maximum absolute atomic E-state index is 12.3. The molecule has 27 heavy (non-hydrogen) atoms. The van der Waals surface area contributed by atoms with Gasteiger partial charge in [0.1, 0.15) is 0 Å². The van der Waals surface area contributed by atoms with Gasteiger partial charge in [0, 0.05) is 10.6 Å². The molecule has 1 amide bonds. The highest BCUT2D eigenvalue weighted by Gasteiger charge is 2.29. The fourth-order valence-corrected chi connectivity index (χ4v) is 2.52. The molecular formula is C18H13F3N2O3S. The van der Waals surface area contributed by atoms with Crippen LogP contribution in [0, 0.1) is 11.3 Å². The number of benzene rings is 2. The van der Waals surface area contributed by atoms with Crippen molar-refractivity contribution in [2.75, 3.05) is 5.32 Å². The van der Waals surface area contributed by atoms with Crippen LogP contribution in [-0.2, 0) is 9.53 Å². The maximum Gasteiger partial charge on any atom is 0.446 e. The van der Waals surface area contributed by atoms with Gasteiger partial charge in [-0.15, -0.1) is 0 Å². The van der Waals surface area contributed by atoms with Gasteiger partial charge in [-0.05, 0) is 61.2 Å². The van der Waals surface area contributed by atoms with Crippen molar-refractivity contribution in [1.29, 1.82) is 5.26 Å². The first-order chi connectivity index (χ1) is 12.7. The Kier molecular flexibility index (Phi) is 6.47. The van der Waals surface area contributed by atoms with E-state index in [1.807, 2.05) is 6.07 Å². The summed E-state index contributed by atoms with van der Waals surface area (Å²) in [6.07, 6.45) is -1.15. The lowest BCUT2D eigenvalue weighted by atomic mass is 10.2. The number of hydrogen-bond acceptors (Lipinski definition) is 5. The number of thioether (sulfide) groups is 1. The van der Waals surface area contributed by atoms with E-state index in [4.69, 9.17) is 10.00 Å². The van der Waals surface area contributed by atoms with Crippen LogP contribution < -0.4 is 5.32 Å². The minimum atomic E-state index is -4.42. The number of nitrogens with zero attached hydrogens (tertiary/aromatic N) is 1. The van der Waals surface area contributed by atoms with Crippen molar-refractivity contribution >= 4 is 29.3 Å². The molecule has 0 saturated heterocycles. The van der Waals surface area contributed by atoms with E-state index in [0.717, 1.165) is 12.1 Å². The Morgan fingerprint density at radius 3 is 2.44 bits per heavy atom. The van der Waals surface area contributed by atoms with Crippen molar-refractivity contribution < 1.29 is 27.5 Å². The topological polar surface area (TPSA) is 79.2 Å². The average molecular weight is 394 g/mol. The van der Waals surface area contributed by atoms with Crippen LogP contribution in [0.2, 0.25) is 0 Å². The van der Waals surface area contributed by atoms with Gasteiger partial charge < -0.3 is 10.1 Å². The minimum absolute atomic E-state index is 0.0210. The van der Waals surface area contributed by atoms with Crippen LogP contribution in [0.5, 0.6) is 0 Å². The highest BCUT2D eigenvalue weighted by Crippen LogP contribution is 2.36. The molecule has 5 nitrogen and oxygen atoms in total. The molecule has 0 fully saturated rings. The van der Waals surface area contributed by atoms with Crippen LogP contribution >= 0.6 is 11.8 Å². The van der Waals surface area contributed by atoms with Gasteiger partial charge in [-0.2, -0.15) is 18.4 Å². The van der Waals surface area contributed by atoms with Gasteiger partial charge in [-0.25, -0.2) is 4.79 Å². The Bertz CT molecular complexity index is 877. The average Bonchev–Trinajstić information content (AvgIpc) is 2.61. The third-order valence-electron chi connectivity index (χ3n) is 3.24. The number of carbonyl (C=O) groups is 2. The third-order valence-corrected chi connectivity index (χ3v) is 3.98. The summed E-state index contributed by atoms with van der Waals surface area (Å²) < 4.78 is 41.9. The molecule has 2 aromatic rings. The number of nitriles is 1. The monoisotopic (exact) mass is 394 g/mol. The lowest BCUT2D eigenvalue weighted by Gasteiger charge is -2.14. The van der Waals surface area contributed by atoms with E-state index in [0.29, 0.717) is 11.3 Å². The normalized spacial score (nSPS) is 12.0. The standard InChI is InChI=1S/C18H13F3N2O3S/c1-11(16(24)23-14-4-2-3-12(9-14)10-22)26-17(25)13-5-7-15(8-6-13)27-18(19,20)21/h2-9,11H,1H3,(H,23,24)/t11-/m0/s1. The second-order valence-electron chi connectivity index (χ2n) is 5.30. The van der Waals surface area contributed by atoms with E-state index in [-0.39, 0.29) is 22.2 Å². The molecular weight excluding hydrogens is 381 g/mol. The van der Waals surface area contributed by atoms with E-state index in [1.54, 1.807) is 18.2 Å². The molecule has 2 aromatic carbocycles. The molecule has 1 N–H and O–H groups in total. The van der Waals surface area contributed by atoms with Gasteiger partial charge in [-0.3, -0.25) is 4.79 Å². The van der Waals surface area contributed by atoms with Gasteiger partial charge in [0.2, 0.25) is 0 Å². The van der Waals surface area contributed by atoms with Gasteiger partial charge in [0.15, 0.2) is 6.10 Å². The summed E-state index contributed by atoms with van der Waals surface area (Å²) in [5, 5.41) is 11.3. The number of hydrogen-bond donors (Lipinski definition) is 1. The highest BCUT2D eigenvalue weighted by molar-refractivity contribution is 8.00. The fraction of sp³-hybridized carbons (Fsp3) is 0.167. The van der Waals surface area contributed by atoms with E-state index in [1.165, 1.54) is 25.1 Å². The summed E-state index contributed by atoms with van der Waals surface area (Å²) >= 11 is -0.295. The van der Waals surface area contributed by atoms with E-state index < -0.39 is 23.5 Å². The van der Waals surface area contributed by atoms with Gasteiger partial charge in [0.25, 0.3) is 5.91 Å². The van der Waals surface area contributed by atoms with E-state index in [2.05, 4.69) is 5.32 Å². The molecule has 0 aromatic heterocycles. The van der Waals surface area contributed by atoms with Crippen molar-refractivity contribution in [2.24, 2.45) is 0 Å². The zero-order valence-electron chi connectivity index (χ0n) is 13.9. The van der Waals surface area contributed by atoms with E-state index >= 15 is 0 Å². The molecule has 0 aliphatic rings. The predicted octanol–water partition coefficient (Wildman–Crippen LogP) is 4.35. The van der Waals surface area contributed by atoms with Crippen molar-refractivity contribution in [1.82, 2.24) is 0 Å². The third kappa shape index (κ3) is 6.34. The Labute approximate surface area is 157 Å². The Morgan fingerprint density at radius 1 is 1.19 bits per heavy atom. The minimum Gasteiger partial charge on any atom is -0.449 e. The first-order valence-electron chi connectivity index (χ1n) is 7.56. The predicted molar refractivity (Wildman–Crippen MR) is 93.0 cm³/mol. The molecule has 0 radical (unpaired) electrons. The van der Waals surface area contributed by atoms with Crippen molar-refractivity contribution in [2.45, 2.75) is 23.4 Å². The summed E-state index contributed by atoms with van der Waals surface area (Å²) in [7, 11) is 0. The summed E-state index contributed by atoms with van der Waals surface area (Å²) in [4.78, 5) is 24.1. The van der Waals surface area contributed by atoms with Gasteiger partial charge in [-0.1, -0.05) is 6.07 Å². The molecule has 0 bridgehead atoms. The largest absolute Gasteiger partial charge is 0.449 e. The molecule has 0 unspecified atom stereocenters. The molecule has 0 aliphatic carbocycles. The number of rotatable bonds is 5. The zero-order valence-corrected chi connectivity index (χ0v) is 14.7. The van der Waals surface area contributed by atoms with Crippen molar-refractivity contribution in [3.63, 3.8) is 0 Å². The molecule has 0 spiro atoms. The van der Waals surface area contributed by atoms with Crippen LogP contribution in [0.1, 0.15) is 22.8 Å². The van der Waals surface area contributed by atoms with E-state index in [9.17, 15) is 22.8 Å².